The third-order valence-electron chi connectivity index (χ3n) is 2.24. The normalized spacial score (nSPS) is 26.1. The molecule has 70 valence electrons. The van der Waals surface area contributed by atoms with Crippen molar-refractivity contribution in [2.45, 2.75) is 6.42 Å². The van der Waals surface area contributed by atoms with E-state index in [9.17, 15) is 8.42 Å². The van der Waals surface area contributed by atoms with Crippen LogP contribution in [0, 0.1) is 5.92 Å². The highest BCUT2D eigenvalue weighted by Crippen LogP contribution is 2.32. The Labute approximate surface area is 78.1 Å². The van der Waals surface area contributed by atoms with E-state index in [1.165, 1.54) is 10.6 Å². The Morgan fingerprint density at radius 3 is 3.00 bits per heavy atom. The molecule has 0 radical (unpaired) electrons. The van der Waals surface area contributed by atoms with Crippen LogP contribution in [0.1, 0.15) is 6.42 Å². The Bertz CT molecular complexity index is 403. The van der Waals surface area contributed by atoms with Gasteiger partial charge in [-0.3, -0.25) is 0 Å². The minimum atomic E-state index is -3.13. The van der Waals surface area contributed by atoms with Crippen molar-refractivity contribution < 1.29 is 8.42 Å². The summed E-state index contributed by atoms with van der Waals surface area (Å²) in [4.78, 5) is 0. The van der Waals surface area contributed by atoms with E-state index >= 15 is 0 Å². The molecule has 0 saturated carbocycles. The van der Waals surface area contributed by atoms with Gasteiger partial charge in [-0.2, -0.15) is 0 Å². The molecule has 0 bridgehead atoms. The molecule has 2 aliphatic rings. The third kappa shape index (κ3) is 1.42. The van der Waals surface area contributed by atoms with E-state index in [2.05, 4.69) is 0 Å². The number of sulfonamides is 1. The van der Waals surface area contributed by atoms with Gasteiger partial charge in [0.05, 0.1) is 6.26 Å². The van der Waals surface area contributed by atoms with Crippen molar-refractivity contribution in [3.63, 3.8) is 0 Å². The van der Waals surface area contributed by atoms with E-state index < -0.39 is 10.0 Å². The fourth-order valence-corrected chi connectivity index (χ4v) is 2.49. The summed E-state index contributed by atoms with van der Waals surface area (Å²) in [5.74, 6) is 0.250. The molecule has 0 aromatic rings. The largest absolute Gasteiger partial charge is 0.250 e. The molecule has 0 N–H and O–H groups in total. The van der Waals surface area contributed by atoms with Crippen LogP contribution >= 0.6 is 0 Å². The van der Waals surface area contributed by atoms with E-state index in [0.717, 1.165) is 12.1 Å². The molecule has 0 amide bonds. The highest BCUT2D eigenvalue weighted by Gasteiger charge is 2.28. The number of rotatable bonds is 1. The first kappa shape index (κ1) is 8.56. The molecule has 2 rings (SSSR count). The number of hydrogen-bond donors (Lipinski definition) is 0. The zero-order chi connectivity index (χ0) is 9.47. The van der Waals surface area contributed by atoms with Gasteiger partial charge in [0.25, 0.3) is 0 Å². The van der Waals surface area contributed by atoms with Crippen molar-refractivity contribution in [2.75, 3.05) is 6.26 Å². The topological polar surface area (TPSA) is 37.4 Å². The monoisotopic (exact) mass is 197 g/mol. The molecule has 0 unspecified atom stereocenters. The molecule has 0 spiro atoms. The van der Waals surface area contributed by atoms with Gasteiger partial charge in [0.1, 0.15) is 0 Å². The van der Waals surface area contributed by atoms with Crippen LogP contribution < -0.4 is 0 Å². The number of hydrogen-bond acceptors (Lipinski definition) is 2. The van der Waals surface area contributed by atoms with Crippen molar-refractivity contribution in [3.8, 4) is 0 Å². The first-order valence-corrected chi connectivity index (χ1v) is 5.98. The van der Waals surface area contributed by atoms with Crippen LogP contribution in [0.5, 0.6) is 0 Å². The number of nitrogens with zero attached hydrogens (tertiary/aromatic N) is 1. The van der Waals surface area contributed by atoms with Gasteiger partial charge in [-0.1, -0.05) is 18.2 Å². The molecule has 0 saturated heterocycles. The maximum atomic E-state index is 11.3. The van der Waals surface area contributed by atoms with E-state index in [0.29, 0.717) is 0 Å². The van der Waals surface area contributed by atoms with E-state index in [4.69, 9.17) is 0 Å². The second-order valence-corrected chi connectivity index (χ2v) is 5.12. The van der Waals surface area contributed by atoms with Gasteiger partial charge < -0.3 is 0 Å². The number of fused-ring (bicyclic) bond motifs is 1. The van der Waals surface area contributed by atoms with E-state index in [1.807, 2.05) is 24.3 Å². The van der Waals surface area contributed by atoms with Crippen molar-refractivity contribution in [1.82, 2.24) is 4.31 Å². The summed E-state index contributed by atoms with van der Waals surface area (Å²) >= 11 is 0. The van der Waals surface area contributed by atoms with Gasteiger partial charge in [-0.05, 0) is 12.5 Å². The highest BCUT2D eigenvalue weighted by atomic mass is 32.2. The molecule has 1 atom stereocenters. The Balaban J connectivity index is 2.40. The molecular weight excluding hydrogens is 186 g/mol. The van der Waals surface area contributed by atoms with Gasteiger partial charge >= 0.3 is 0 Å². The Kier molecular flexibility index (Phi) is 1.80. The zero-order valence-corrected chi connectivity index (χ0v) is 8.16. The van der Waals surface area contributed by atoms with Crippen LogP contribution in [0.15, 0.2) is 36.2 Å². The van der Waals surface area contributed by atoms with Crippen LogP contribution in [0.4, 0.5) is 0 Å². The average molecular weight is 197 g/mol. The predicted molar refractivity (Wildman–Crippen MR) is 51.2 cm³/mol. The fraction of sp³-hybridized carbons (Fsp3) is 0.333. The SMILES string of the molecule is CS(=O)(=O)N1C=C[C@H]2CC=CC=C21. The van der Waals surface area contributed by atoms with Crippen LogP contribution in [0.2, 0.25) is 0 Å². The summed E-state index contributed by atoms with van der Waals surface area (Å²) in [6.45, 7) is 0. The van der Waals surface area contributed by atoms with Gasteiger partial charge in [-0.25, -0.2) is 12.7 Å². The second-order valence-electron chi connectivity index (χ2n) is 3.26. The molecule has 3 nitrogen and oxygen atoms in total. The summed E-state index contributed by atoms with van der Waals surface area (Å²) in [6, 6.07) is 0. The Morgan fingerprint density at radius 1 is 1.54 bits per heavy atom. The molecule has 0 fully saturated rings. The van der Waals surface area contributed by atoms with Crippen LogP contribution in [-0.2, 0) is 10.0 Å². The fourth-order valence-electron chi connectivity index (χ4n) is 1.62. The van der Waals surface area contributed by atoms with Crippen LogP contribution in [-0.4, -0.2) is 19.0 Å². The maximum Gasteiger partial charge on any atom is 0.235 e. The Morgan fingerprint density at radius 2 is 2.31 bits per heavy atom. The third-order valence-corrected chi connectivity index (χ3v) is 3.29. The molecule has 13 heavy (non-hydrogen) atoms. The smallest absolute Gasteiger partial charge is 0.235 e. The molecule has 0 aromatic carbocycles. The summed E-state index contributed by atoms with van der Waals surface area (Å²) in [5, 5.41) is 0. The average Bonchev–Trinajstić information content (AvgIpc) is 2.45. The predicted octanol–water partition coefficient (Wildman–Crippen LogP) is 1.24. The lowest BCUT2D eigenvalue weighted by molar-refractivity contribution is 0.537. The molecule has 4 heteroatoms. The van der Waals surface area contributed by atoms with Gasteiger partial charge in [-0.15, -0.1) is 0 Å². The van der Waals surface area contributed by atoms with Gasteiger partial charge in [0, 0.05) is 17.8 Å². The van der Waals surface area contributed by atoms with Crippen molar-refractivity contribution >= 4 is 10.0 Å². The molecular formula is C9H11NO2S. The first-order valence-electron chi connectivity index (χ1n) is 4.13. The maximum absolute atomic E-state index is 11.3. The molecule has 0 aromatic heterocycles. The van der Waals surface area contributed by atoms with Gasteiger partial charge in [0.2, 0.25) is 10.0 Å². The van der Waals surface area contributed by atoms with E-state index in [1.54, 1.807) is 6.20 Å². The van der Waals surface area contributed by atoms with E-state index in [-0.39, 0.29) is 5.92 Å². The standard InChI is InChI=1S/C9H11NO2S/c1-13(11,12)10-7-6-8-4-2-3-5-9(8)10/h2-3,5-8H,4H2,1H3/t8-/m1/s1. The summed E-state index contributed by atoms with van der Waals surface area (Å²) in [5.41, 5.74) is 0.866. The van der Waals surface area contributed by atoms with Crippen molar-refractivity contribution in [1.29, 1.82) is 0 Å². The minimum absolute atomic E-state index is 0.250. The molecule has 1 aliphatic heterocycles. The van der Waals surface area contributed by atoms with Crippen molar-refractivity contribution in [3.05, 3.63) is 36.2 Å². The summed E-state index contributed by atoms with van der Waals surface area (Å²) < 4.78 is 23.9. The quantitative estimate of drug-likeness (QED) is 0.634. The van der Waals surface area contributed by atoms with Crippen molar-refractivity contribution in [2.24, 2.45) is 5.92 Å². The van der Waals surface area contributed by atoms with Crippen LogP contribution in [0.25, 0.3) is 0 Å². The lowest BCUT2D eigenvalue weighted by Crippen LogP contribution is -2.23. The number of allylic oxidation sites excluding steroid dienone is 4. The Hall–Kier alpha value is -1.03. The minimum Gasteiger partial charge on any atom is -0.250 e. The molecule has 1 aliphatic carbocycles. The molecule has 1 heterocycles. The highest BCUT2D eigenvalue weighted by molar-refractivity contribution is 7.88. The summed E-state index contributed by atoms with van der Waals surface area (Å²) in [7, 11) is -3.13. The second kappa shape index (κ2) is 2.73. The lowest BCUT2D eigenvalue weighted by Gasteiger charge is -2.20. The van der Waals surface area contributed by atoms with Gasteiger partial charge in [0.15, 0.2) is 0 Å². The van der Waals surface area contributed by atoms with Crippen LogP contribution in [0.3, 0.4) is 0 Å². The lowest BCUT2D eigenvalue weighted by atomic mass is 9.99. The zero-order valence-electron chi connectivity index (χ0n) is 7.34. The summed E-state index contributed by atoms with van der Waals surface area (Å²) in [6.07, 6.45) is 11.5. The first-order chi connectivity index (χ1) is 6.09.